The Kier molecular flexibility index (Phi) is 7.81. The van der Waals surface area contributed by atoms with Crippen molar-refractivity contribution in [1.82, 2.24) is 20.1 Å². The van der Waals surface area contributed by atoms with Crippen molar-refractivity contribution < 1.29 is 37.1 Å². The Labute approximate surface area is 223 Å². The van der Waals surface area contributed by atoms with Crippen LogP contribution in [0, 0.1) is 12.7 Å². The van der Waals surface area contributed by atoms with E-state index in [9.17, 15) is 31.9 Å². The van der Waals surface area contributed by atoms with Gasteiger partial charge >= 0.3 is 6.18 Å². The van der Waals surface area contributed by atoms with Crippen LogP contribution in [0.1, 0.15) is 48.2 Å². The van der Waals surface area contributed by atoms with E-state index >= 15 is 0 Å². The molecule has 0 unspecified atom stereocenters. The van der Waals surface area contributed by atoms with Gasteiger partial charge in [-0.3, -0.25) is 19.1 Å². The van der Waals surface area contributed by atoms with Gasteiger partial charge < -0.3 is 21.5 Å². The molecule has 0 radical (unpaired) electrons. The first-order chi connectivity index (χ1) is 18.9. The molecule has 0 bridgehead atoms. The lowest BCUT2D eigenvalue weighted by molar-refractivity contribution is -0.140. The number of carbonyl (C=O) groups excluding carboxylic acids is 3. The third-order valence-corrected chi connectivity index (χ3v) is 5.93. The third kappa shape index (κ3) is 5.91. The number of alkyl halides is 3. The van der Waals surface area contributed by atoms with Crippen LogP contribution < -0.4 is 16.4 Å². The smallest absolute Gasteiger partial charge is 0.395 e. The van der Waals surface area contributed by atoms with Gasteiger partial charge in [0.1, 0.15) is 11.5 Å². The van der Waals surface area contributed by atoms with Gasteiger partial charge in [-0.1, -0.05) is 12.1 Å². The van der Waals surface area contributed by atoms with Gasteiger partial charge in [-0.25, -0.2) is 9.37 Å². The Balaban J connectivity index is 1.68. The number of fused-ring (bicyclic) bond motifs is 1. The lowest BCUT2D eigenvalue weighted by atomic mass is 10.1. The van der Waals surface area contributed by atoms with Crippen LogP contribution >= 0.6 is 0 Å². The number of benzene rings is 2. The van der Waals surface area contributed by atoms with Crippen LogP contribution in [0.3, 0.4) is 0 Å². The molecule has 3 amide bonds. The zero-order valence-corrected chi connectivity index (χ0v) is 20.8. The fourth-order valence-corrected chi connectivity index (χ4v) is 3.95. The van der Waals surface area contributed by atoms with Crippen molar-refractivity contribution in [2.45, 2.75) is 19.6 Å². The molecule has 0 saturated carbocycles. The highest BCUT2D eigenvalue weighted by Gasteiger charge is 2.39. The largest absolute Gasteiger partial charge is 0.437 e. The molecule has 4 rings (SSSR count). The lowest BCUT2D eigenvalue weighted by Crippen LogP contribution is -2.26. The molecule has 0 aliphatic carbocycles. The van der Waals surface area contributed by atoms with Gasteiger partial charge in [0, 0.05) is 23.6 Å². The Morgan fingerprint density at radius 1 is 1.05 bits per heavy atom. The summed E-state index contributed by atoms with van der Waals surface area (Å²) >= 11 is 0. The summed E-state index contributed by atoms with van der Waals surface area (Å²) in [6.45, 7) is 1.05. The van der Waals surface area contributed by atoms with Gasteiger partial charge in [-0.2, -0.15) is 18.3 Å². The first-order valence-electron chi connectivity index (χ1n) is 11.7. The Hall–Kier alpha value is -4.85. The molecule has 0 aliphatic heterocycles. The Morgan fingerprint density at radius 3 is 2.38 bits per heavy atom. The molecule has 2 heterocycles. The standard InChI is InChI=1S/C26H22F4N6O4/c1-13-21(34-25(40)18-11-20(23(31)38)33-19-10-16(27)6-7-17(18)19)22(26(28,29)30)35-36(13)12-14-2-4-15(5-3-14)24(39)32-8-9-37/h2-7,10-11,37H,8-9,12H2,1H3,(H2,31,38)(H,32,39)(H,34,40). The van der Waals surface area contributed by atoms with Gasteiger partial charge in [0.05, 0.1) is 35.6 Å². The van der Waals surface area contributed by atoms with E-state index in [1.807, 2.05) is 0 Å². The number of rotatable bonds is 8. The molecule has 2 aromatic carbocycles. The summed E-state index contributed by atoms with van der Waals surface area (Å²) < 4.78 is 56.6. The van der Waals surface area contributed by atoms with E-state index in [0.717, 1.165) is 22.9 Å². The number of pyridine rings is 1. The van der Waals surface area contributed by atoms with Crippen molar-refractivity contribution in [3.8, 4) is 0 Å². The average Bonchev–Trinajstić information content (AvgIpc) is 3.21. The maximum Gasteiger partial charge on any atom is 0.437 e. The number of nitrogens with two attached hydrogens (primary N) is 1. The Morgan fingerprint density at radius 2 is 1.75 bits per heavy atom. The molecular weight excluding hydrogens is 536 g/mol. The number of anilines is 1. The second kappa shape index (κ2) is 11.1. The maximum atomic E-state index is 13.9. The third-order valence-electron chi connectivity index (χ3n) is 5.93. The van der Waals surface area contributed by atoms with Crippen LogP contribution in [0.5, 0.6) is 0 Å². The van der Waals surface area contributed by atoms with Crippen LogP contribution in [-0.4, -0.2) is 50.7 Å². The normalized spacial score (nSPS) is 11.4. The number of aromatic nitrogens is 3. The molecule has 14 heteroatoms. The SMILES string of the molecule is Cc1c(NC(=O)c2cc(C(N)=O)nc3cc(F)ccc23)c(C(F)(F)F)nn1Cc1ccc(C(=O)NCCO)cc1. The molecule has 0 saturated heterocycles. The zero-order chi connectivity index (χ0) is 29.2. The predicted molar refractivity (Wildman–Crippen MR) is 135 cm³/mol. The van der Waals surface area contributed by atoms with Crippen molar-refractivity contribution in [3.05, 3.63) is 88.1 Å². The van der Waals surface area contributed by atoms with E-state index in [4.69, 9.17) is 10.8 Å². The number of halogens is 4. The predicted octanol–water partition coefficient (Wildman–Crippen LogP) is 3.02. The first kappa shape index (κ1) is 28.2. The summed E-state index contributed by atoms with van der Waals surface area (Å²) in [4.78, 5) is 40.9. The van der Waals surface area contributed by atoms with E-state index in [0.29, 0.717) is 5.56 Å². The molecule has 0 aliphatic rings. The van der Waals surface area contributed by atoms with Crippen LogP contribution in [-0.2, 0) is 12.7 Å². The van der Waals surface area contributed by atoms with E-state index in [2.05, 4.69) is 20.7 Å². The zero-order valence-electron chi connectivity index (χ0n) is 20.8. The molecule has 5 N–H and O–H groups in total. The lowest BCUT2D eigenvalue weighted by Gasteiger charge is -2.12. The molecule has 0 fully saturated rings. The number of hydrogen-bond donors (Lipinski definition) is 4. The molecule has 40 heavy (non-hydrogen) atoms. The number of aliphatic hydroxyl groups is 1. The summed E-state index contributed by atoms with van der Waals surface area (Å²) in [5.41, 5.74) is 3.40. The number of nitrogens with zero attached hydrogens (tertiary/aromatic N) is 3. The average molecular weight is 558 g/mol. The number of nitrogens with one attached hydrogen (secondary N) is 2. The molecule has 2 aromatic heterocycles. The van der Waals surface area contributed by atoms with Crippen LogP contribution in [0.2, 0.25) is 0 Å². The summed E-state index contributed by atoms with van der Waals surface area (Å²) in [6, 6.07) is 10.3. The van der Waals surface area contributed by atoms with E-state index in [-0.39, 0.29) is 53.1 Å². The molecule has 0 spiro atoms. The Bertz CT molecular complexity index is 1620. The molecule has 10 nitrogen and oxygen atoms in total. The summed E-state index contributed by atoms with van der Waals surface area (Å²) in [5.74, 6) is -3.17. The van der Waals surface area contributed by atoms with Crippen LogP contribution in [0.4, 0.5) is 23.2 Å². The van der Waals surface area contributed by atoms with Crippen LogP contribution in [0.15, 0.2) is 48.5 Å². The van der Waals surface area contributed by atoms with Crippen molar-refractivity contribution >= 4 is 34.3 Å². The van der Waals surface area contributed by atoms with Crippen LogP contribution in [0.25, 0.3) is 10.9 Å². The maximum absolute atomic E-state index is 13.9. The quantitative estimate of drug-likeness (QED) is 0.244. The van der Waals surface area contributed by atoms with Crippen molar-refractivity contribution in [2.24, 2.45) is 5.73 Å². The van der Waals surface area contributed by atoms with Gasteiger partial charge in [-0.15, -0.1) is 0 Å². The fourth-order valence-electron chi connectivity index (χ4n) is 3.95. The number of primary amides is 1. The van der Waals surface area contributed by atoms with Crippen molar-refractivity contribution in [2.75, 3.05) is 18.5 Å². The monoisotopic (exact) mass is 558 g/mol. The van der Waals surface area contributed by atoms with Gasteiger partial charge in [0.15, 0.2) is 5.69 Å². The molecule has 0 atom stereocenters. The highest BCUT2D eigenvalue weighted by atomic mass is 19.4. The number of amides is 3. The second-order valence-electron chi connectivity index (χ2n) is 8.68. The summed E-state index contributed by atoms with van der Waals surface area (Å²) in [7, 11) is 0. The highest BCUT2D eigenvalue weighted by molar-refractivity contribution is 6.14. The minimum absolute atomic E-state index is 0.0232. The van der Waals surface area contributed by atoms with E-state index in [1.54, 1.807) is 0 Å². The van der Waals surface area contributed by atoms with Crippen molar-refractivity contribution in [3.63, 3.8) is 0 Å². The topological polar surface area (TPSA) is 152 Å². The van der Waals surface area contributed by atoms with Crippen molar-refractivity contribution in [1.29, 1.82) is 0 Å². The van der Waals surface area contributed by atoms with Gasteiger partial charge in [0.25, 0.3) is 17.7 Å². The summed E-state index contributed by atoms with van der Waals surface area (Å²) in [5, 5.41) is 17.3. The molecule has 4 aromatic rings. The van der Waals surface area contributed by atoms with E-state index < -0.39 is 41.1 Å². The minimum Gasteiger partial charge on any atom is -0.395 e. The first-order valence-corrected chi connectivity index (χ1v) is 11.7. The van der Waals surface area contributed by atoms with Gasteiger partial charge in [0.2, 0.25) is 0 Å². The number of carbonyl (C=O) groups is 3. The summed E-state index contributed by atoms with van der Waals surface area (Å²) in [6.07, 6.45) is -4.94. The second-order valence-corrected chi connectivity index (χ2v) is 8.68. The highest BCUT2D eigenvalue weighted by Crippen LogP contribution is 2.36. The van der Waals surface area contributed by atoms with Gasteiger partial charge in [-0.05, 0) is 42.8 Å². The molecular formula is C26H22F4N6O4. The number of aliphatic hydroxyl groups excluding tert-OH is 1. The molecule has 208 valence electrons. The number of hydrogen-bond acceptors (Lipinski definition) is 6. The van der Waals surface area contributed by atoms with E-state index in [1.165, 1.54) is 37.3 Å². The minimum atomic E-state index is -4.94. The fraction of sp³-hybridized carbons (Fsp3) is 0.192.